The minimum Gasteiger partial charge on any atom is -0.494 e. The zero-order valence-corrected chi connectivity index (χ0v) is 13.6. The molecule has 0 atom stereocenters. The van der Waals surface area contributed by atoms with Gasteiger partial charge in [0, 0.05) is 6.07 Å². The molecular weight excluding hydrogens is 326 g/mol. The fourth-order valence-corrected chi connectivity index (χ4v) is 2.84. The van der Waals surface area contributed by atoms with Crippen molar-refractivity contribution in [3.63, 3.8) is 0 Å². The minimum atomic E-state index is -0.447. The molecule has 0 N–H and O–H groups in total. The lowest BCUT2D eigenvalue weighted by Gasteiger charge is -2.08. The van der Waals surface area contributed by atoms with Crippen LogP contribution < -0.4 is 4.74 Å². The molecule has 4 aromatic rings. The van der Waals surface area contributed by atoms with E-state index in [1.807, 2.05) is 6.92 Å². The Morgan fingerprint density at radius 2 is 1.92 bits per heavy atom. The summed E-state index contributed by atoms with van der Waals surface area (Å²) in [6, 6.07) is 8.65. The maximum atomic E-state index is 14.5. The van der Waals surface area contributed by atoms with Crippen molar-refractivity contribution in [2.45, 2.75) is 13.8 Å². The fourth-order valence-electron chi connectivity index (χ4n) is 2.84. The van der Waals surface area contributed by atoms with Crippen LogP contribution in [0.2, 0.25) is 0 Å². The number of rotatable bonds is 3. The van der Waals surface area contributed by atoms with Crippen molar-refractivity contribution in [3.05, 3.63) is 53.7 Å². The van der Waals surface area contributed by atoms with Gasteiger partial charge in [-0.25, -0.2) is 13.8 Å². The Kier molecular flexibility index (Phi) is 3.56. The van der Waals surface area contributed by atoms with Gasteiger partial charge >= 0.3 is 0 Å². The summed E-state index contributed by atoms with van der Waals surface area (Å²) in [5, 5.41) is 8.24. The quantitative estimate of drug-likeness (QED) is 0.567. The highest BCUT2D eigenvalue weighted by atomic mass is 19.1. The molecule has 0 aliphatic carbocycles. The van der Waals surface area contributed by atoms with E-state index in [1.54, 1.807) is 23.5 Å². The van der Waals surface area contributed by atoms with E-state index < -0.39 is 11.6 Å². The molecule has 2 aromatic heterocycles. The maximum absolute atomic E-state index is 14.5. The molecule has 4 rings (SSSR count). The summed E-state index contributed by atoms with van der Waals surface area (Å²) in [5.74, 6) is 0.00205. The van der Waals surface area contributed by atoms with Gasteiger partial charge in [-0.1, -0.05) is 0 Å². The van der Waals surface area contributed by atoms with Gasteiger partial charge in [-0.3, -0.25) is 4.40 Å². The van der Waals surface area contributed by atoms with Gasteiger partial charge < -0.3 is 4.74 Å². The van der Waals surface area contributed by atoms with Gasteiger partial charge in [-0.05, 0) is 44.2 Å². The van der Waals surface area contributed by atoms with Crippen LogP contribution in [0.1, 0.15) is 12.6 Å². The summed E-state index contributed by atoms with van der Waals surface area (Å²) in [4.78, 5) is 4.44. The zero-order valence-electron chi connectivity index (χ0n) is 13.6. The summed E-state index contributed by atoms with van der Waals surface area (Å²) in [7, 11) is 0. The number of imidazole rings is 1. The lowest BCUT2D eigenvalue weighted by molar-refractivity contribution is 0.340. The fraction of sp³-hybridized carbons (Fsp3) is 0.167. The first-order valence-corrected chi connectivity index (χ1v) is 7.82. The predicted molar refractivity (Wildman–Crippen MR) is 89.5 cm³/mol. The Bertz CT molecular complexity index is 1110. The number of hydrogen-bond acceptors (Lipinski definition) is 4. The van der Waals surface area contributed by atoms with Crippen molar-refractivity contribution in [1.82, 2.24) is 19.6 Å². The van der Waals surface area contributed by atoms with Crippen LogP contribution in [0, 0.1) is 18.6 Å². The van der Waals surface area contributed by atoms with Gasteiger partial charge in [0.1, 0.15) is 28.7 Å². The number of ether oxygens (including phenoxy) is 1. The van der Waals surface area contributed by atoms with E-state index in [9.17, 15) is 8.78 Å². The van der Waals surface area contributed by atoms with Crippen LogP contribution in [0.4, 0.5) is 8.78 Å². The summed E-state index contributed by atoms with van der Waals surface area (Å²) in [6.45, 7) is 4.07. The van der Waals surface area contributed by atoms with Crippen molar-refractivity contribution < 1.29 is 13.5 Å². The van der Waals surface area contributed by atoms with E-state index in [2.05, 4.69) is 15.2 Å². The molecule has 7 heteroatoms. The summed E-state index contributed by atoms with van der Waals surface area (Å²) in [5.41, 5.74) is 2.26. The normalized spacial score (nSPS) is 11.4. The number of aryl methyl sites for hydroxylation is 1. The molecule has 0 amide bonds. The topological polar surface area (TPSA) is 52.3 Å². The molecule has 0 fully saturated rings. The van der Waals surface area contributed by atoms with Gasteiger partial charge in [0.05, 0.1) is 23.4 Å². The lowest BCUT2D eigenvalue weighted by Crippen LogP contribution is -1.99. The highest BCUT2D eigenvalue weighted by Crippen LogP contribution is 2.30. The number of benzene rings is 2. The predicted octanol–water partition coefficient (Wildman–Crippen LogP) is 3.93. The average molecular weight is 340 g/mol. The Balaban J connectivity index is 2.09. The van der Waals surface area contributed by atoms with E-state index in [-0.39, 0.29) is 5.56 Å². The monoisotopic (exact) mass is 340 g/mol. The molecule has 2 aromatic carbocycles. The van der Waals surface area contributed by atoms with Crippen LogP contribution in [0.5, 0.6) is 5.75 Å². The molecular formula is C18H14F2N4O. The molecule has 0 saturated carbocycles. The number of hydrogen-bond donors (Lipinski definition) is 0. The average Bonchev–Trinajstić information content (AvgIpc) is 2.94. The molecule has 0 bridgehead atoms. The highest BCUT2D eigenvalue weighted by Gasteiger charge is 2.18. The number of fused-ring (bicyclic) bond motifs is 3. The van der Waals surface area contributed by atoms with Crippen molar-refractivity contribution in [3.8, 4) is 17.1 Å². The summed E-state index contributed by atoms with van der Waals surface area (Å²) in [6.07, 6.45) is 0. The van der Waals surface area contributed by atoms with Gasteiger partial charge in [0.25, 0.3) is 0 Å². The second kappa shape index (κ2) is 5.77. The number of nitrogens with zero attached hydrogens (tertiary/aromatic N) is 4. The number of halogens is 2. The minimum absolute atomic E-state index is 0.257. The molecule has 126 valence electrons. The first-order valence-electron chi connectivity index (χ1n) is 7.82. The molecule has 0 spiro atoms. The maximum Gasteiger partial charge on any atom is 0.183 e. The van der Waals surface area contributed by atoms with E-state index in [4.69, 9.17) is 4.74 Å². The molecule has 0 saturated heterocycles. The third-order valence-electron chi connectivity index (χ3n) is 3.94. The molecule has 2 heterocycles. The summed E-state index contributed by atoms with van der Waals surface area (Å²) >= 11 is 0. The Morgan fingerprint density at radius 3 is 2.72 bits per heavy atom. The Hall–Kier alpha value is -3.09. The first kappa shape index (κ1) is 15.4. The van der Waals surface area contributed by atoms with Crippen molar-refractivity contribution in [1.29, 1.82) is 0 Å². The van der Waals surface area contributed by atoms with Gasteiger partial charge in [0.15, 0.2) is 5.65 Å². The Morgan fingerprint density at radius 1 is 1.08 bits per heavy atom. The van der Waals surface area contributed by atoms with Crippen LogP contribution in [-0.2, 0) is 0 Å². The second-order valence-electron chi connectivity index (χ2n) is 5.59. The van der Waals surface area contributed by atoms with Gasteiger partial charge in [-0.15, -0.1) is 10.2 Å². The zero-order chi connectivity index (χ0) is 17.6. The third-order valence-corrected chi connectivity index (χ3v) is 3.94. The van der Waals surface area contributed by atoms with Crippen LogP contribution in [0.25, 0.3) is 28.1 Å². The largest absolute Gasteiger partial charge is 0.494 e. The third kappa shape index (κ3) is 2.48. The van der Waals surface area contributed by atoms with Crippen LogP contribution >= 0.6 is 0 Å². The van der Waals surface area contributed by atoms with Gasteiger partial charge in [-0.2, -0.15) is 0 Å². The molecule has 0 aliphatic rings. The van der Waals surface area contributed by atoms with E-state index in [0.29, 0.717) is 40.6 Å². The van der Waals surface area contributed by atoms with Gasteiger partial charge in [0.2, 0.25) is 0 Å². The second-order valence-corrected chi connectivity index (χ2v) is 5.59. The van der Waals surface area contributed by atoms with Crippen molar-refractivity contribution in [2.75, 3.05) is 6.61 Å². The van der Waals surface area contributed by atoms with Crippen LogP contribution in [0.3, 0.4) is 0 Å². The lowest BCUT2D eigenvalue weighted by atomic mass is 10.2. The molecule has 0 aliphatic heterocycles. The molecule has 5 nitrogen and oxygen atoms in total. The smallest absolute Gasteiger partial charge is 0.183 e. The van der Waals surface area contributed by atoms with Crippen LogP contribution in [-0.4, -0.2) is 26.2 Å². The van der Waals surface area contributed by atoms with Crippen molar-refractivity contribution >= 4 is 16.7 Å². The Labute approximate surface area is 141 Å². The van der Waals surface area contributed by atoms with Crippen LogP contribution in [0.15, 0.2) is 36.4 Å². The first-order chi connectivity index (χ1) is 12.1. The van der Waals surface area contributed by atoms with E-state index in [1.165, 1.54) is 24.3 Å². The van der Waals surface area contributed by atoms with Crippen molar-refractivity contribution in [2.24, 2.45) is 0 Å². The highest BCUT2D eigenvalue weighted by molar-refractivity contribution is 5.80. The van der Waals surface area contributed by atoms with E-state index in [0.717, 1.165) is 0 Å². The molecule has 0 unspecified atom stereocenters. The molecule has 25 heavy (non-hydrogen) atoms. The van der Waals surface area contributed by atoms with E-state index >= 15 is 0 Å². The molecule has 0 radical (unpaired) electrons. The summed E-state index contributed by atoms with van der Waals surface area (Å²) < 4.78 is 35.3. The SMILES string of the molecule is CCOc1ccc(F)c(-c2nc(C)c3nnc4ccc(F)cc4n23)c1. The number of aromatic nitrogens is 4. The standard InChI is InChI=1S/C18H14F2N4O/c1-3-25-12-5-6-14(20)13(9-12)18-21-10(2)17-23-22-15-7-4-11(19)8-16(15)24(17)18/h4-9H,3H2,1-2H3.